The fraction of sp³-hybridized carbons (Fsp3) is 0.261. The van der Waals surface area contributed by atoms with Crippen LogP contribution in [0.4, 0.5) is 11.6 Å². The van der Waals surface area contributed by atoms with E-state index in [0.29, 0.717) is 35.4 Å². The van der Waals surface area contributed by atoms with E-state index in [4.69, 9.17) is 9.26 Å². The molecule has 0 spiro atoms. The maximum Gasteiger partial charge on any atom is 0.262 e. The van der Waals surface area contributed by atoms with Crippen molar-refractivity contribution in [1.29, 1.82) is 0 Å². The van der Waals surface area contributed by atoms with Gasteiger partial charge in [-0.25, -0.2) is 9.97 Å². The molecular formula is C23H23N7O4. The second-order valence-electron chi connectivity index (χ2n) is 8.11. The van der Waals surface area contributed by atoms with Gasteiger partial charge in [0.15, 0.2) is 5.76 Å². The van der Waals surface area contributed by atoms with Crippen molar-refractivity contribution in [2.24, 2.45) is 7.05 Å². The molecule has 5 rings (SSSR count). The number of aliphatic hydroxyl groups is 1. The zero-order valence-corrected chi connectivity index (χ0v) is 18.9. The Balaban J connectivity index is 1.42. The Hall–Kier alpha value is -4.25. The first-order valence-electron chi connectivity index (χ1n) is 10.6. The number of hydrogen-bond donors (Lipinski definition) is 2. The number of carbonyl (C=O) groups is 1. The van der Waals surface area contributed by atoms with Gasteiger partial charge in [0, 0.05) is 50.5 Å². The molecule has 0 aliphatic carbocycles. The van der Waals surface area contributed by atoms with E-state index in [1.165, 1.54) is 4.90 Å². The van der Waals surface area contributed by atoms with Crippen molar-refractivity contribution in [3.63, 3.8) is 0 Å². The van der Waals surface area contributed by atoms with Gasteiger partial charge >= 0.3 is 0 Å². The fourth-order valence-electron chi connectivity index (χ4n) is 3.93. The summed E-state index contributed by atoms with van der Waals surface area (Å²) in [7, 11) is 4.99. The summed E-state index contributed by atoms with van der Waals surface area (Å²) >= 11 is 0. The zero-order chi connectivity index (χ0) is 23.9. The molecule has 34 heavy (non-hydrogen) atoms. The molecular weight excluding hydrogens is 438 g/mol. The Morgan fingerprint density at radius 1 is 1.18 bits per heavy atom. The lowest BCUT2D eigenvalue weighted by molar-refractivity contribution is -0.144. The van der Waals surface area contributed by atoms with E-state index in [1.807, 2.05) is 24.3 Å². The van der Waals surface area contributed by atoms with Crippen molar-refractivity contribution >= 4 is 17.5 Å². The highest BCUT2D eigenvalue weighted by atomic mass is 16.5. The first-order valence-corrected chi connectivity index (χ1v) is 10.6. The van der Waals surface area contributed by atoms with Gasteiger partial charge in [-0.3, -0.25) is 9.48 Å². The molecule has 11 nitrogen and oxygen atoms in total. The summed E-state index contributed by atoms with van der Waals surface area (Å²) in [5, 5.41) is 22.3. The molecule has 1 fully saturated rings. The van der Waals surface area contributed by atoms with Gasteiger partial charge < -0.3 is 24.6 Å². The quantitative estimate of drug-likeness (QED) is 0.444. The SMILES string of the molecule is COc1nn(C)cc1Nc1nccc(-c2cccc(-c3cc(C4(O)CCN(C)C4=O)on3)c2)n1. The van der Waals surface area contributed by atoms with E-state index in [0.717, 1.165) is 11.1 Å². The topological polar surface area (TPSA) is 131 Å². The van der Waals surface area contributed by atoms with Crippen LogP contribution < -0.4 is 10.1 Å². The number of ether oxygens (including phenoxy) is 1. The van der Waals surface area contributed by atoms with Gasteiger partial charge in [-0.2, -0.15) is 0 Å². The molecule has 3 aromatic heterocycles. The van der Waals surface area contributed by atoms with Gasteiger partial charge in [-0.05, 0) is 12.1 Å². The van der Waals surface area contributed by atoms with Gasteiger partial charge in [0.2, 0.25) is 11.5 Å². The number of rotatable bonds is 6. The average molecular weight is 461 g/mol. The molecule has 2 N–H and O–H groups in total. The predicted molar refractivity (Wildman–Crippen MR) is 122 cm³/mol. The lowest BCUT2D eigenvalue weighted by Gasteiger charge is -2.16. The van der Waals surface area contributed by atoms with Crippen LogP contribution in [-0.4, -0.2) is 61.5 Å². The van der Waals surface area contributed by atoms with Crippen molar-refractivity contribution in [3.05, 3.63) is 54.6 Å². The summed E-state index contributed by atoms with van der Waals surface area (Å²) in [4.78, 5) is 22.7. The summed E-state index contributed by atoms with van der Waals surface area (Å²) in [6, 6.07) is 11.0. The third-order valence-corrected chi connectivity index (χ3v) is 5.77. The number of likely N-dealkylation sites (N-methyl/N-ethyl adjacent to an activating group) is 1. The maximum atomic E-state index is 12.4. The molecule has 11 heteroatoms. The van der Waals surface area contributed by atoms with Crippen LogP contribution in [0.5, 0.6) is 5.88 Å². The van der Waals surface area contributed by atoms with Crippen molar-refractivity contribution in [3.8, 4) is 28.4 Å². The minimum atomic E-state index is -1.68. The number of benzene rings is 1. The minimum Gasteiger partial charge on any atom is -0.478 e. The van der Waals surface area contributed by atoms with Crippen LogP contribution in [0.3, 0.4) is 0 Å². The molecule has 1 amide bonds. The molecule has 1 aliphatic heterocycles. The summed E-state index contributed by atoms with van der Waals surface area (Å²) in [6.07, 6.45) is 3.69. The Labute approximate surface area is 195 Å². The Bertz CT molecular complexity index is 1360. The first kappa shape index (κ1) is 21.6. The molecule has 1 unspecified atom stereocenters. The molecule has 0 radical (unpaired) electrons. The summed E-state index contributed by atoms with van der Waals surface area (Å²) in [6.45, 7) is 0.454. The van der Waals surface area contributed by atoms with Crippen LogP contribution in [0.1, 0.15) is 12.2 Å². The van der Waals surface area contributed by atoms with E-state index in [1.54, 1.807) is 50.4 Å². The highest BCUT2D eigenvalue weighted by Crippen LogP contribution is 2.35. The van der Waals surface area contributed by atoms with Crippen molar-refractivity contribution in [1.82, 2.24) is 29.8 Å². The summed E-state index contributed by atoms with van der Waals surface area (Å²) in [5.74, 6) is 0.578. The van der Waals surface area contributed by atoms with Crippen molar-refractivity contribution in [2.45, 2.75) is 12.0 Å². The van der Waals surface area contributed by atoms with Crippen LogP contribution in [0.15, 0.2) is 53.3 Å². The molecule has 1 aromatic carbocycles. The largest absolute Gasteiger partial charge is 0.478 e. The van der Waals surface area contributed by atoms with Gasteiger partial charge in [-0.1, -0.05) is 23.4 Å². The molecule has 0 bridgehead atoms. The lowest BCUT2D eigenvalue weighted by atomic mass is 9.98. The zero-order valence-electron chi connectivity index (χ0n) is 18.9. The van der Waals surface area contributed by atoms with Gasteiger partial charge in [0.05, 0.1) is 19.0 Å². The Kier molecular flexibility index (Phi) is 5.25. The molecule has 174 valence electrons. The first-order chi connectivity index (χ1) is 16.4. The number of aryl methyl sites for hydroxylation is 1. The van der Waals surface area contributed by atoms with E-state index in [2.05, 4.69) is 25.5 Å². The lowest BCUT2D eigenvalue weighted by Crippen LogP contribution is -2.35. The number of methoxy groups -OCH3 is 1. The number of hydrogen-bond acceptors (Lipinski definition) is 9. The van der Waals surface area contributed by atoms with Crippen LogP contribution in [0.2, 0.25) is 0 Å². The Morgan fingerprint density at radius 2 is 1.97 bits per heavy atom. The fourth-order valence-corrected chi connectivity index (χ4v) is 3.93. The van der Waals surface area contributed by atoms with Crippen molar-refractivity contribution < 1.29 is 19.2 Å². The van der Waals surface area contributed by atoms with Gasteiger partial charge in [0.1, 0.15) is 11.4 Å². The summed E-state index contributed by atoms with van der Waals surface area (Å²) in [5.41, 5.74) is 1.77. The molecule has 1 atom stereocenters. The molecule has 0 saturated carbocycles. The van der Waals surface area contributed by atoms with Gasteiger partial charge in [-0.15, -0.1) is 5.10 Å². The van der Waals surface area contributed by atoms with Crippen LogP contribution in [-0.2, 0) is 17.4 Å². The van der Waals surface area contributed by atoms with Crippen LogP contribution in [0.25, 0.3) is 22.5 Å². The number of carbonyl (C=O) groups excluding carboxylic acids is 1. The minimum absolute atomic E-state index is 0.140. The van der Waals surface area contributed by atoms with E-state index >= 15 is 0 Å². The number of anilines is 2. The molecule has 1 aliphatic rings. The van der Waals surface area contributed by atoms with Crippen molar-refractivity contribution in [2.75, 3.05) is 26.0 Å². The predicted octanol–water partition coefficient (Wildman–Crippen LogP) is 2.33. The number of aromatic nitrogens is 5. The molecule has 4 aromatic rings. The number of nitrogens with zero attached hydrogens (tertiary/aromatic N) is 6. The highest BCUT2D eigenvalue weighted by Gasteiger charge is 2.48. The third kappa shape index (κ3) is 3.75. The van der Waals surface area contributed by atoms with E-state index < -0.39 is 11.5 Å². The highest BCUT2D eigenvalue weighted by molar-refractivity contribution is 5.87. The van der Waals surface area contributed by atoms with E-state index in [9.17, 15) is 9.90 Å². The average Bonchev–Trinajstić information content (AvgIpc) is 3.55. The standard InChI is InChI=1S/C23H23N7O4/c1-29-10-8-23(32,21(29)31)19-12-17(28-34-19)15-6-4-5-14(11-15)16-7-9-24-22(25-16)26-18-13-30(2)27-20(18)33-3/h4-7,9,11-13,32H,8,10H2,1-3H3,(H,24,25,26). The second-order valence-corrected chi connectivity index (χ2v) is 8.11. The van der Waals surface area contributed by atoms with Gasteiger partial charge in [0.25, 0.3) is 11.8 Å². The number of nitrogens with one attached hydrogen (secondary N) is 1. The second kappa shape index (κ2) is 8.27. The normalized spacial score (nSPS) is 17.9. The molecule has 1 saturated heterocycles. The summed E-state index contributed by atoms with van der Waals surface area (Å²) < 4.78 is 12.3. The van der Waals surface area contributed by atoms with Crippen LogP contribution in [0, 0.1) is 0 Å². The monoisotopic (exact) mass is 461 g/mol. The number of amides is 1. The maximum absolute atomic E-state index is 12.4. The smallest absolute Gasteiger partial charge is 0.262 e. The van der Waals surface area contributed by atoms with E-state index in [-0.39, 0.29) is 12.2 Å². The number of likely N-dealkylation sites (tertiary alicyclic amines) is 1. The van der Waals surface area contributed by atoms with Crippen LogP contribution >= 0.6 is 0 Å². The molecule has 4 heterocycles. The third-order valence-electron chi connectivity index (χ3n) is 5.77. The Morgan fingerprint density at radius 3 is 2.71 bits per heavy atom.